The van der Waals surface area contributed by atoms with Crippen LogP contribution in [0, 0.1) is 6.92 Å². The maximum atomic E-state index is 12.0. The van der Waals surface area contributed by atoms with Crippen LogP contribution in [0.25, 0.3) is 0 Å². The van der Waals surface area contributed by atoms with Gasteiger partial charge in [-0.3, -0.25) is 24.7 Å². The summed E-state index contributed by atoms with van der Waals surface area (Å²) in [6, 6.07) is 11.7. The first kappa shape index (κ1) is 23.8. The van der Waals surface area contributed by atoms with E-state index < -0.39 is 5.91 Å². The highest BCUT2D eigenvalue weighted by atomic mass is 16.5. The predicted octanol–water partition coefficient (Wildman–Crippen LogP) is 3.75. The number of nitrogens with zero attached hydrogens (tertiary/aromatic N) is 4. The van der Waals surface area contributed by atoms with E-state index in [0.717, 1.165) is 36.2 Å². The SMILES string of the molecule is Cc1ccccc1N(c1ccncc1)c1ncc(C(N)=O)c(CCCCCCC(=O)NO)n1. The first-order valence-corrected chi connectivity index (χ1v) is 10.9. The van der Waals surface area contributed by atoms with E-state index in [9.17, 15) is 9.59 Å². The smallest absolute Gasteiger partial charge is 0.252 e. The van der Waals surface area contributed by atoms with Gasteiger partial charge in [-0.05, 0) is 49.9 Å². The van der Waals surface area contributed by atoms with Crippen molar-refractivity contribution in [1.82, 2.24) is 20.4 Å². The number of carbonyl (C=O) groups excluding carboxylic acids is 2. The Hall–Kier alpha value is -3.85. The second kappa shape index (κ2) is 11.7. The molecule has 0 atom stereocenters. The van der Waals surface area contributed by atoms with Gasteiger partial charge in [0.1, 0.15) is 0 Å². The Morgan fingerprint density at radius 3 is 2.48 bits per heavy atom. The maximum absolute atomic E-state index is 12.0. The van der Waals surface area contributed by atoms with Crippen LogP contribution in [0.4, 0.5) is 17.3 Å². The zero-order valence-corrected chi connectivity index (χ0v) is 18.6. The summed E-state index contributed by atoms with van der Waals surface area (Å²) >= 11 is 0. The highest BCUT2D eigenvalue weighted by molar-refractivity contribution is 5.93. The third-order valence-electron chi connectivity index (χ3n) is 5.29. The average molecular weight is 449 g/mol. The number of para-hydroxylation sites is 1. The summed E-state index contributed by atoms with van der Waals surface area (Å²) in [4.78, 5) is 38.3. The number of nitrogens with one attached hydrogen (secondary N) is 1. The Morgan fingerprint density at radius 2 is 1.79 bits per heavy atom. The summed E-state index contributed by atoms with van der Waals surface area (Å²) in [6.45, 7) is 2.01. The van der Waals surface area contributed by atoms with E-state index in [-0.39, 0.29) is 12.3 Å². The molecule has 172 valence electrons. The van der Waals surface area contributed by atoms with Gasteiger partial charge >= 0.3 is 0 Å². The largest absolute Gasteiger partial charge is 0.365 e. The molecule has 0 aliphatic heterocycles. The minimum absolute atomic E-state index is 0.276. The quantitative estimate of drug-likeness (QED) is 0.231. The fourth-order valence-corrected chi connectivity index (χ4v) is 3.57. The fourth-order valence-electron chi connectivity index (χ4n) is 3.57. The number of carbonyl (C=O) groups is 2. The second-order valence-corrected chi connectivity index (χ2v) is 7.67. The number of aryl methyl sites for hydroxylation is 2. The number of pyridine rings is 1. The third kappa shape index (κ3) is 6.33. The number of rotatable bonds is 11. The number of benzene rings is 1. The predicted molar refractivity (Wildman–Crippen MR) is 124 cm³/mol. The van der Waals surface area contributed by atoms with E-state index >= 15 is 0 Å². The number of hydrogen-bond acceptors (Lipinski definition) is 7. The molecular formula is C24H28N6O3. The van der Waals surface area contributed by atoms with Gasteiger partial charge in [0, 0.05) is 25.0 Å². The molecule has 0 saturated carbocycles. The molecule has 9 nitrogen and oxygen atoms in total. The van der Waals surface area contributed by atoms with Crippen molar-refractivity contribution in [3.63, 3.8) is 0 Å². The number of amides is 2. The summed E-state index contributed by atoms with van der Waals surface area (Å²) in [5.41, 5.74) is 10.9. The Morgan fingerprint density at radius 1 is 1.06 bits per heavy atom. The summed E-state index contributed by atoms with van der Waals surface area (Å²) in [5, 5.41) is 8.56. The molecule has 0 unspecified atom stereocenters. The molecule has 0 fully saturated rings. The lowest BCUT2D eigenvalue weighted by molar-refractivity contribution is -0.129. The van der Waals surface area contributed by atoms with Crippen molar-refractivity contribution in [2.75, 3.05) is 4.90 Å². The van der Waals surface area contributed by atoms with Gasteiger partial charge in [0.25, 0.3) is 5.91 Å². The van der Waals surface area contributed by atoms with E-state index in [1.54, 1.807) is 17.9 Å². The summed E-state index contributed by atoms with van der Waals surface area (Å²) in [6.07, 6.45) is 8.84. The van der Waals surface area contributed by atoms with Crippen LogP contribution in [0.15, 0.2) is 55.0 Å². The summed E-state index contributed by atoms with van der Waals surface area (Å²) in [5.74, 6) is -0.517. The lowest BCUT2D eigenvalue weighted by Crippen LogP contribution is -2.20. The maximum Gasteiger partial charge on any atom is 0.252 e. The van der Waals surface area contributed by atoms with Crippen LogP contribution < -0.4 is 16.1 Å². The molecule has 0 spiro atoms. The number of primary amides is 1. The van der Waals surface area contributed by atoms with Crippen LogP contribution in [-0.4, -0.2) is 32.0 Å². The zero-order valence-electron chi connectivity index (χ0n) is 18.6. The molecule has 9 heteroatoms. The standard InChI is InChI=1S/C24H28N6O3/c1-17-8-6-7-10-21(17)30(18-12-14-26-15-13-18)24-27-16-19(23(25)32)20(28-24)9-4-2-3-5-11-22(31)29-33/h6-8,10,12-16,33H,2-5,9,11H2,1H3,(H2,25,32)(H,29,31). The Balaban J connectivity index is 1.86. The molecule has 0 aliphatic carbocycles. The molecule has 2 heterocycles. The zero-order chi connectivity index (χ0) is 23.6. The van der Waals surface area contributed by atoms with Crippen LogP contribution >= 0.6 is 0 Å². The van der Waals surface area contributed by atoms with Gasteiger partial charge in [-0.25, -0.2) is 15.4 Å². The summed E-state index contributed by atoms with van der Waals surface area (Å²) in [7, 11) is 0. The van der Waals surface area contributed by atoms with Gasteiger partial charge in [0.2, 0.25) is 11.9 Å². The molecule has 33 heavy (non-hydrogen) atoms. The fraction of sp³-hybridized carbons (Fsp3) is 0.292. The lowest BCUT2D eigenvalue weighted by Gasteiger charge is -2.25. The number of aromatic nitrogens is 3. The molecule has 2 amide bonds. The van der Waals surface area contributed by atoms with E-state index in [1.165, 1.54) is 6.20 Å². The highest BCUT2D eigenvalue weighted by Gasteiger charge is 2.20. The van der Waals surface area contributed by atoms with E-state index in [4.69, 9.17) is 15.9 Å². The molecule has 2 aromatic heterocycles. The normalized spacial score (nSPS) is 10.6. The van der Waals surface area contributed by atoms with Gasteiger partial charge in [0.05, 0.1) is 22.6 Å². The third-order valence-corrected chi connectivity index (χ3v) is 5.29. The summed E-state index contributed by atoms with van der Waals surface area (Å²) < 4.78 is 0. The van der Waals surface area contributed by atoms with Gasteiger partial charge < -0.3 is 5.73 Å². The van der Waals surface area contributed by atoms with Crippen LogP contribution in [-0.2, 0) is 11.2 Å². The first-order valence-electron chi connectivity index (χ1n) is 10.9. The van der Waals surface area contributed by atoms with Gasteiger partial charge in [0.15, 0.2) is 0 Å². The number of hydrogen-bond donors (Lipinski definition) is 3. The number of nitrogens with two attached hydrogens (primary N) is 1. The Bertz CT molecular complexity index is 1090. The number of unbranched alkanes of at least 4 members (excludes halogenated alkanes) is 3. The molecule has 0 radical (unpaired) electrons. The number of hydroxylamine groups is 1. The van der Waals surface area contributed by atoms with Crippen LogP contribution in [0.1, 0.15) is 53.7 Å². The topological polar surface area (TPSA) is 134 Å². The van der Waals surface area contributed by atoms with E-state index in [0.29, 0.717) is 30.0 Å². The average Bonchev–Trinajstić information content (AvgIpc) is 2.83. The van der Waals surface area contributed by atoms with Crippen molar-refractivity contribution >= 4 is 29.1 Å². The van der Waals surface area contributed by atoms with Crippen molar-refractivity contribution in [1.29, 1.82) is 0 Å². The molecular weight excluding hydrogens is 420 g/mol. The Labute approximate surface area is 192 Å². The van der Waals surface area contributed by atoms with Crippen molar-refractivity contribution < 1.29 is 14.8 Å². The lowest BCUT2D eigenvalue weighted by atomic mass is 10.1. The van der Waals surface area contributed by atoms with Crippen molar-refractivity contribution in [2.24, 2.45) is 5.73 Å². The van der Waals surface area contributed by atoms with Crippen molar-refractivity contribution in [3.05, 3.63) is 71.8 Å². The van der Waals surface area contributed by atoms with Crippen LogP contribution in [0.5, 0.6) is 0 Å². The molecule has 0 bridgehead atoms. The van der Waals surface area contributed by atoms with Crippen molar-refractivity contribution in [3.8, 4) is 0 Å². The molecule has 0 saturated heterocycles. The minimum Gasteiger partial charge on any atom is -0.365 e. The minimum atomic E-state index is -0.567. The molecule has 4 N–H and O–H groups in total. The monoisotopic (exact) mass is 448 g/mol. The molecule has 1 aromatic carbocycles. The van der Waals surface area contributed by atoms with Crippen molar-refractivity contribution in [2.45, 2.75) is 45.4 Å². The van der Waals surface area contributed by atoms with E-state index in [1.807, 2.05) is 48.2 Å². The molecule has 0 aliphatic rings. The van der Waals surface area contributed by atoms with Gasteiger partial charge in [-0.15, -0.1) is 0 Å². The van der Waals surface area contributed by atoms with Gasteiger partial charge in [-0.2, -0.15) is 0 Å². The molecule has 3 rings (SSSR count). The van der Waals surface area contributed by atoms with Crippen LogP contribution in [0.2, 0.25) is 0 Å². The first-order chi connectivity index (χ1) is 16.0. The van der Waals surface area contributed by atoms with E-state index in [2.05, 4.69) is 9.97 Å². The molecule has 3 aromatic rings. The van der Waals surface area contributed by atoms with Crippen LogP contribution in [0.3, 0.4) is 0 Å². The Kier molecular flexibility index (Phi) is 8.43. The highest BCUT2D eigenvalue weighted by Crippen LogP contribution is 2.34. The second-order valence-electron chi connectivity index (χ2n) is 7.67. The number of anilines is 3. The van der Waals surface area contributed by atoms with Gasteiger partial charge in [-0.1, -0.05) is 31.0 Å².